The van der Waals surface area contributed by atoms with E-state index >= 15 is 0 Å². The number of carbonyl (C=O) groups is 1. The molecular weight excluding hydrogens is 190 g/mol. The van der Waals surface area contributed by atoms with E-state index in [0.717, 1.165) is 25.7 Å². The summed E-state index contributed by atoms with van der Waals surface area (Å²) in [6.07, 6.45) is 8.01. The van der Waals surface area contributed by atoms with E-state index < -0.39 is 0 Å². The van der Waals surface area contributed by atoms with Crippen molar-refractivity contribution in [3.8, 4) is 0 Å². The van der Waals surface area contributed by atoms with Gasteiger partial charge in [0.15, 0.2) is 0 Å². The van der Waals surface area contributed by atoms with Gasteiger partial charge in [-0.2, -0.15) is 0 Å². The van der Waals surface area contributed by atoms with Crippen LogP contribution in [0.25, 0.3) is 0 Å². The maximum atomic E-state index is 11.4. The molecule has 2 rings (SSSR count). The highest BCUT2D eigenvalue weighted by molar-refractivity contribution is 5.74. The third-order valence-electron chi connectivity index (χ3n) is 3.36. The first kappa shape index (κ1) is 10.7. The Morgan fingerprint density at radius 3 is 2.53 bits per heavy atom. The number of nitrogens with two attached hydrogens (primary N) is 1. The first-order chi connectivity index (χ1) is 7.18. The number of rotatable bonds is 3. The molecule has 0 heterocycles. The predicted molar refractivity (Wildman–Crippen MR) is 59.6 cm³/mol. The predicted octanol–water partition coefficient (Wildman–Crippen LogP) is 1.11. The number of hydrogen-bond acceptors (Lipinski definition) is 2. The van der Waals surface area contributed by atoms with Crippen LogP contribution in [0.4, 0.5) is 4.79 Å². The summed E-state index contributed by atoms with van der Waals surface area (Å²) in [6, 6.07) is 0.373. The lowest BCUT2D eigenvalue weighted by Crippen LogP contribution is -2.53. The van der Waals surface area contributed by atoms with E-state index in [1.165, 1.54) is 19.3 Å². The van der Waals surface area contributed by atoms with Gasteiger partial charge < -0.3 is 16.4 Å². The molecule has 0 aromatic carbocycles. The van der Waals surface area contributed by atoms with Gasteiger partial charge in [-0.15, -0.1) is 0 Å². The van der Waals surface area contributed by atoms with Gasteiger partial charge in [-0.05, 0) is 25.7 Å². The summed E-state index contributed by atoms with van der Waals surface area (Å²) >= 11 is 0. The van der Waals surface area contributed by atoms with E-state index in [9.17, 15) is 4.79 Å². The Morgan fingerprint density at radius 2 is 1.93 bits per heavy atom. The van der Waals surface area contributed by atoms with Crippen molar-refractivity contribution in [1.82, 2.24) is 10.6 Å². The van der Waals surface area contributed by atoms with E-state index in [1.54, 1.807) is 0 Å². The minimum absolute atomic E-state index is 0.0482. The van der Waals surface area contributed by atoms with E-state index in [1.807, 2.05) is 0 Å². The van der Waals surface area contributed by atoms with Crippen molar-refractivity contribution in [3.05, 3.63) is 0 Å². The molecule has 86 valence electrons. The van der Waals surface area contributed by atoms with E-state index in [4.69, 9.17) is 5.73 Å². The molecule has 4 N–H and O–H groups in total. The SMILES string of the molecule is NC1(CNC(=O)NC2CC2)CCCCC1. The molecule has 2 aliphatic carbocycles. The Morgan fingerprint density at radius 1 is 1.27 bits per heavy atom. The topological polar surface area (TPSA) is 67.1 Å². The zero-order valence-corrected chi connectivity index (χ0v) is 9.22. The Balaban J connectivity index is 1.68. The van der Waals surface area contributed by atoms with Crippen LogP contribution >= 0.6 is 0 Å². The summed E-state index contributed by atoms with van der Waals surface area (Å²) in [5.41, 5.74) is 6.06. The van der Waals surface area contributed by atoms with Crippen LogP contribution < -0.4 is 16.4 Å². The van der Waals surface area contributed by atoms with Gasteiger partial charge in [0.2, 0.25) is 0 Å². The first-order valence-electron chi connectivity index (χ1n) is 6.01. The van der Waals surface area contributed by atoms with Crippen LogP contribution in [0, 0.1) is 0 Å². The second-order valence-electron chi connectivity index (χ2n) is 5.02. The average Bonchev–Trinajstić information content (AvgIpc) is 3.00. The van der Waals surface area contributed by atoms with E-state index in [-0.39, 0.29) is 11.6 Å². The minimum atomic E-state index is -0.154. The van der Waals surface area contributed by atoms with Gasteiger partial charge >= 0.3 is 6.03 Å². The second-order valence-corrected chi connectivity index (χ2v) is 5.02. The monoisotopic (exact) mass is 211 g/mol. The van der Waals surface area contributed by atoms with Crippen LogP contribution in [0.1, 0.15) is 44.9 Å². The van der Waals surface area contributed by atoms with Gasteiger partial charge in [-0.3, -0.25) is 0 Å². The van der Waals surface area contributed by atoms with Gasteiger partial charge in [-0.25, -0.2) is 4.79 Å². The Kier molecular flexibility index (Phi) is 3.14. The molecule has 0 saturated heterocycles. The molecule has 0 aliphatic heterocycles. The highest BCUT2D eigenvalue weighted by Gasteiger charge is 2.29. The lowest BCUT2D eigenvalue weighted by atomic mass is 9.82. The molecule has 0 aromatic rings. The van der Waals surface area contributed by atoms with Gasteiger partial charge in [-0.1, -0.05) is 19.3 Å². The molecule has 0 atom stereocenters. The fourth-order valence-corrected chi connectivity index (χ4v) is 2.15. The minimum Gasteiger partial charge on any atom is -0.336 e. The molecule has 2 amide bonds. The van der Waals surface area contributed by atoms with Crippen molar-refractivity contribution in [3.63, 3.8) is 0 Å². The quantitative estimate of drug-likeness (QED) is 0.654. The maximum absolute atomic E-state index is 11.4. The molecule has 15 heavy (non-hydrogen) atoms. The second kappa shape index (κ2) is 4.39. The molecule has 0 unspecified atom stereocenters. The molecule has 2 fully saturated rings. The molecule has 0 radical (unpaired) electrons. The van der Waals surface area contributed by atoms with Gasteiger partial charge in [0.05, 0.1) is 0 Å². The highest BCUT2D eigenvalue weighted by Crippen LogP contribution is 2.25. The summed E-state index contributed by atoms with van der Waals surface area (Å²) in [4.78, 5) is 11.4. The smallest absolute Gasteiger partial charge is 0.315 e. The van der Waals surface area contributed by atoms with Crippen molar-refractivity contribution < 1.29 is 4.79 Å². The standard InChI is InChI=1S/C11H21N3O/c12-11(6-2-1-3-7-11)8-13-10(15)14-9-4-5-9/h9H,1-8,12H2,(H2,13,14,15). The van der Waals surface area contributed by atoms with Crippen LogP contribution in [0.15, 0.2) is 0 Å². The Hall–Kier alpha value is -0.770. The zero-order chi connectivity index (χ0) is 10.7. The fourth-order valence-electron chi connectivity index (χ4n) is 2.15. The highest BCUT2D eigenvalue weighted by atomic mass is 16.2. The lowest BCUT2D eigenvalue weighted by molar-refractivity contribution is 0.230. The molecule has 4 heteroatoms. The molecule has 2 aliphatic rings. The largest absolute Gasteiger partial charge is 0.336 e. The number of carbonyl (C=O) groups excluding carboxylic acids is 1. The normalized spacial score (nSPS) is 24.6. The fraction of sp³-hybridized carbons (Fsp3) is 0.909. The molecule has 0 spiro atoms. The van der Waals surface area contributed by atoms with E-state index in [2.05, 4.69) is 10.6 Å². The molecule has 2 saturated carbocycles. The van der Waals surface area contributed by atoms with Gasteiger partial charge in [0.1, 0.15) is 0 Å². The van der Waals surface area contributed by atoms with Crippen molar-refractivity contribution >= 4 is 6.03 Å². The van der Waals surface area contributed by atoms with Crippen LogP contribution in [0.2, 0.25) is 0 Å². The summed E-state index contributed by atoms with van der Waals surface area (Å²) in [7, 11) is 0. The zero-order valence-electron chi connectivity index (χ0n) is 9.22. The van der Waals surface area contributed by atoms with Gasteiger partial charge in [0.25, 0.3) is 0 Å². The summed E-state index contributed by atoms with van der Waals surface area (Å²) in [6.45, 7) is 0.617. The molecule has 0 bridgehead atoms. The number of hydrogen-bond donors (Lipinski definition) is 3. The average molecular weight is 211 g/mol. The third kappa shape index (κ3) is 3.38. The van der Waals surface area contributed by atoms with Crippen molar-refractivity contribution in [2.24, 2.45) is 5.73 Å². The molecular formula is C11H21N3O. The third-order valence-corrected chi connectivity index (χ3v) is 3.36. The van der Waals surface area contributed by atoms with Gasteiger partial charge in [0, 0.05) is 18.1 Å². The van der Waals surface area contributed by atoms with Crippen LogP contribution in [0.3, 0.4) is 0 Å². The maximum Gasteiger partial charge on any atom is 0.315 e. The van der Waals surface area contributed by atoms with Crippen LogP contribution in [-0.4, -0.2) is 24.2 Å². The first-order valence-corrected chi connectivity index (χ1v) is 6.01. The van der Waals surface area contributed by atoms with Crippen LogP contribution in [-0.2, 0) is 0 Å². The Labute approximate surface area is 91.0 Å². The van der Waals surface area contributed by atoms with Crippen molar-refractivity contribution in [2.75, 3.05) is 6.54 Å². The number of nitrogens with one attached hydrogen (secondary N) is 2. The van der Waals surface area contributed by atoms with Crippen molar-refractivity contribution in [2.45, 2.75) is 56.5 Å². The lowest BCUT2D eigenvalue weighted by Gasteiger charge is -2.33. The number of amides is 2. The summed E-state index contributed by atoms with van der Waals surface area (Å²) in [5, 5.41) is 5.79. The van der Waals surface area contributed by atoms with Crippen molar-refractivity contribution in [1.29, 1.82) is 0 Å². The molecule has 4 nitrogen and oxygen atoms in total. The summed E-state index contributed by atoms with van der Waals surface area (Å²) < 4.78 is 0. The summed E-state index contributed by atoms with van der Waals surface area (Å²) in [5.74, 6) is 0. The molecule has 0 aromatic heterocycles. The van der Waals surface area contributed by atoms with E-state index in [0.29, 0.717) is 12.6 Å². The van der Waals surface area contributed by atoms with Crippen LogP contribution in [0.5, 0.6) is 0 Å². The Bertz CT molecular complexity index is 232. The number of urea groups is 1.